The van der Waals surface area contributed by atoms with Crippen molar-refractivity contribution >= 4 is 62.3 Å². The maximum absolute atomic E-state index is 13.5. The van der Waals surface area contributed by atoms with Crippen LogP contribution in [0.2, 0.25) is 15.1 Å². The minimum atomic E-state index is -3.91. The van der Waals surface area contributed by atoms with Crippen LogP contribution in [0.1, 0.15) is 26.3 Å². The van der Waals surface area contributed by atoms with Crippen molar-refractivity contribution in [3.63, 3.8) is 0 Å². The molecule has 0 saturated carbocycles. The molecule has 0 aliphatic carbocycles. The first kappa shape index (κ1) is 28.2. The zero-order chi connectivity index (χ0) is 25.6. The van der Waals surface area contributed by atoms with Gasteiger partial charge in [-0.1, -0.05) is 60.8 Å². The molecular formula is C23H28Cl3N3O4S. The average molecular weight is 549 g/mol. The van der Waals surface area contributed by atoms with Crippen LogP contribution in [-0.2, 0) is 26.2 Å². The molecule has 0 aliphatic rings. The predicted octanol–water partition coefficient (Wildman–Crippen LogP) is 4.60. The van der Waals surface area contributed by atoms with Crippen molar-refractivity contribution in [3.05, 3.63) is 63.1 Å². The molecule has 34 heavy (non-hydrogen) atoms. The molecule has 11 heteroatoms. The van der Waals surface area contributed by atoms with Gasteiger partial charge in [0.25, 0.3) is 0 Å². The van der Waals surface area contributed by atoms with E-state index in [0.717, 1.165) is 16.1 Å². The first-order valence-corrected chi connectivity index (χ1v) is 13.5. The topological polar surface area (TPSA) is 86.8 Å². The van der Waals surface area contributed by atoms with Gasteiger partial charge in [-0.3, -0.25) is 13.9 Å². The Morgan fingerprint density at radius 2 is 1.56 bits per heavy atom. The summed E-state index contributed by atoms with van der Waals surface area (Å²) in [5.74, 6) is -0.700. The molecule has 1 N–H and O–H groups in total. The summed E-state index contributed by atoms with van der Waals surface area (Å²) in [5, 5.41) is 3.73. The number of rotatable bonds is 10. The van der Waals surface area contributed by atoms with Crippen LogP contribution in [0.3, 0.4) is 0 Å². The average Bonchev–Trinajstić information content (AvgIpc) is 2.75. The molecule has 0 aliphatic heterocycles. The van der Waals surface area contributed by atoms with Gasteiger partial charge in [-0.05, 0) is 48.7 Å². The minimum absolute atomic E-state index is 0.0765. The normalized spacial score (nSPS) is 12.4. The lowest BCUT2D eigenvalue weighted by molar-refractivity contribution is -0.139. The number of anilines is 1. The number of carbonyl (C=O) groups excluding carboxylic acids is 2. The largest absolute Gasteiger partial charge is 0.354 e. The third kappa shape index (κ3) is 8.05. The molecule has 0 aromatic heterocycles. The second kappa shape index (κ2) is 12.1. The molecule has 2 aromatic rings. The standard InChI is InChI=1S/C23H28Cl3N3O4S/c1-15(2)12-27-23(31)16(3)28(13-17-5-7-18(24)8-6-17)22(30)14-29(34(4,32)33)21-11-19(25)9-10-20(21)26/h5-11,15-16H,12-14H2,1-4H3,(H,27,31)/t16-/m1/s1. The SMILES string of the molecule is CC(C)CNC(=O)[C@@H](C)N(Cc1ccc(Cl)cc1)C(=O)CN(c1cc(Cl)ccc1Cl)S(C)(=O)=O. The number of amides is 2. The molecule has 0 unspecified atom stereocenters. The van der Waals surface area contributed by atoms with Crippen molar-refractivity contribution < 1.29 is 18.0 Å². The lowest BCUT2D eigenvalue weighted by Crippen LogP contribution is -2.51. The summed E-state index contributed by atoms with van der Waals surface area (Å²) in [7, 11) is -3.91. The summed E-state index contributed by atoms with van der Waals surface area (Å²) >= 11 is 18.2. The number of halogens is 3. The summed E-state index contributed by atoms with van der Waals surface area (Å²) in [6.45, 7) is 5.47. The van der Waals surface area contributed by atoms with Crippen molar-refractivity contribution in [2.24, 2.45) is 5.92 Å². The fourth-order valence-electron chi connectivity index (χ4n) is 3.09. The number of sulfonamides is 1. The predicted molar refractivity (Wildman–Crippen MR) is 138 cm³/mol. The molecule has 0 fully saturated rings. The molecule has 186 valence electrons. The van der Waals surface area contributed by atoms with E-state index in [1.165, 1.54) is 23.1 Å². The number of hydrogen-bond donors (Lipinski definition) is 1. The summed E-state index contributed by atoms with van der Waals surface area (Å²) < 4.78 is 26.1. The molecule has 0 bridgehead atoms. The Morgan fingerprint density at radius 3 is 2.12 bits per heavy atom. The number of hydrogen-bond acceptors (Lipinski definition) is 4. The van der Waals surface area contributed by atoms with E-state index in [9.17, 15) is 18.0 Å². The third-order valence-corrected chi connectivity index (χ3v) is 6.91. The quantitative estimate of drug-likeness (QED) is 0.470. The summed E-state index contributed by atoms with van der Waals surface area (Å²) in [6, 6.07) is 10.3. The number of nitrogens with one attached hydrogen (secondary N) is 1. The number of nitrogens with zero attached hydrogens (tertiary/aromatic N) is 2. The van der Waals surface area contributed by atoms with Crippen LogP contribution in [0.4, 0.5) is 5.69 Å². The zero-order valence-electron chi connectivity index (χ0n) is 19.4. The summed E-state index contributed by atoms with van der Waals surface area (Å²) in [6.07, 6.45) is 0.972. The van der Waals surface area contributed by atoms with Gasteiger partial charge in [-0.2, -0.15) is 0 Å². The van der Waals surface area contributed by atoms with E-state index in [2.05, 4.69) is 5.32 Å². The van der Waals surface area contributed by atoms with E-state index < -0.39 is 28.5 Å². The van der Waals surface area contributed by atoms with Crippen LogP contribution in [0, 0.1) is 5.92 Å². The van der Waals surface area contributed by atoms with Gasteiger partial charge in [-0.15, -0.1) is 0 Å². The minimum Gasteiger partial charge on any atom is -0.354 e. The molecule has 0 heterocycles. The second-order valence-electron chi connectivity index (χ2n) is 8.33. The maximum atomic E-state index is 13.5. The van der Waals surface area contributed by atoms with E-state index in [1.54, 1.807) is 31.2 Å². The highest BCUT2D eigenvalue weighted by molar-refractivity contribution is 7.92. The molecule has 2 aromatic carbocycles. The van der Waals surface area contributed by atoms with Gasteiger partial charge in [0.2, 0.25) is 21.8 Å². The molecule has 1 atom stereocenters. The van der Waals surface area contributed by atoms with E-state index in [0.29, 0.717) is 11.6 Å². The van der Waals surface area contributed by atoms with Gasteiger partial charge in [0.15, 0.2) is 0 Å². The van der Waals surface area contributed by atoms with Crippen molar-refractivity contribution in [1.29, 1.82) is 0 Å². The van der Waals surface area contributed by atoms with Gasteiger partial charge in [-0.25, -0.2) is 8.42 Å². The number of carbonyl (C=O) groups is 2. The lowest BCUT2D eigenvalue weighted by Gasteiger charge is -2.32. The highest BCUT2D eigenvalue weighted by atomic mass is 35.5. The van der Waals surface area contributed by atoms with Gasteiger partial charge >= 0.3 is 0 Å². The van der Waals surface area contributed by atoms with Gasteiger partial charge < -0.3 is 10.2 Å². The Balaban J connectivity index is 2.40. The Hall–Kier alpha value is -2.00. The highest BCUT2D eigenvalue weighted by Gasteiger charge is 2.31. The van der Waals surface area contributed by atoms with Crippen LogP contribution in [0.5, 0.6) is 0 Å². The van der Waals surface area contributed by atoms with Gasteiger partial charge in [0, 0.05) is 23.1 Å². The lowest BCUT2D eigenvalue weighted by atomic mass is 10.1. The molecule has 0 radical (unpaired) electrons. The van der Waals surface area contributed by atoms with Crippen LogP contribution >= 0.6 is 34.8 Å². The van der Waals surface area contributed by atoms with Crippen molar-refractivity contribution in [2.45, 2.75) is 33.4 Å². The van der Waals surface area contributed by atoms with Crippen molar-refractivity contribution in [2.75, 3.05) is 23.7 Å². The van der Waals surface area contributed by atoms with Crippen LogP contribution < -0.4 is 9.62 Å². The van der Waals surface area contributed by atoms with Crippen LogP contribution in [-0.4, -0.2) is 50.5 Å². The molecule has 2 rings (SSSR count). The maximum Gasteiger partial charge on any atom is 0.244 e. The molecule has 7 nitrogen and oxygen atoms in total. The molecule has 0 spiro atoms. The third-order valence-electron chi connectivity index (χ3n) is 4.97. The fraction of sp³-hybridized carbons (Fsp3) is 0.391. The van der Waals surface area contributed by atoms with E-state index in [1.807, 2.05) is 13.8 Å². The first-order chi connectivity index (χ1) is 15.8. The molecule has 2 amide bonds. The van der Waals surface area contributed by atoms with Crippen LogP contribution in [0.25, 0.3) is 0 Å². The first-order valence-electron chi connectivity index (χ1n) is 10.5. The molecular weight excluding hydrogens is 521 g/mol. The van der Waals surface area contributed by atoms with Crippen molar-refractivity contribution in [1.82, 2.24) is 10.2 Å². The Kier molecular flexibility index (Phi) is 10.1. The Labute approximate surface area is 216 Å². The Morgan fingerprint density at radius 1 is 0.971 bits per heavy atom. The van der Waals surface area contributed by atoms with E-state index in [-0.39, 0.29) is 34.1 Å². The monoisotopic (exact) mass is 547 g/mol. The zero-order valence-corrected chi connectivity index (χ0v) is 22.5. The van der Waals surface area contributed by atoms with Crippen LogP contribution in [0.15, 0.2) is 42.5 Å². The van der Waals surface area contributed by atoms with Crippen molar-refractivity contribution in [3.8, 4) is 0 Å². The van der Waals surface area contributed by atoms with Gasteiger partial charge in [0.05, 0.1) is 17.0 Å². The van der Waals surface area contributed by atoms with E-state index >= 15 is 0 Å². The fourth-order valence-corrected chi connectivity index (χ4v) is 4.51. The highest BCUT2D eigenvalue weighted by Crippen LogP contribution is 2.31. The second-order valence-corrected chi connectivity index (χ2v) is 11.5. The summed E-state index contributed by atoms with van der Waals surface area (Å²) in [4.78, 5) is 27.6. The van der Waals surface area contributed by atoms with Gasteiger partial charge in [0.1, 0.15) is 12.6 Å². The summed E-state index contributed by atoms with van der Waals surface area (Å²) in [5.41, 5.74) is 0.807. The number of benzene rings is 2. The van der Waals surface area contributed by atoms with E-state index in [4.69, 9.17) is 34.8 Å². The Bertz CT molecular complexity index is 1120. The smallest absolute Gasteiger partial charge is 0.244 e. The molecule has 0 saturated heterocycles.